The summed E-state index contributed by atoms with van der Waals surface area (Å²) >= 11 is 0. The lowest BCUT2D eigenvalue weighted by molar-refractivity contribution is 0.554. The molecule has 2 aromatic rings. The first-order chi connectivity index (χ1) is 8.83. The van der Waals surface area contributed by atoms with Crippen LogP contribution in [-0.4, -0.2) is 32.6 Å². The Hall–Kier alpha value is -1.91. The zero-order chi connectivity index (χ0) is 12.4. The summed E-state index contributed by atoms with van der Waals surface area (Å²) in [6, 6.07) is 0. The maximum atomic E-state index is 4.39. The fourth-order valence-electron chi connectivity index (χ4n) is 2.51. The quantitative estimate of drug-likeness (QED) is 0.814. The minimum absolute atomic E-state index is 0.660. The van der Waals surface area contributed by atoms with E-state index in [0.29, 0.717) is 5.92 Å². The summed E-state index contributed by atoms with van der Waals surface area (Å²) in [5.74, 6) is 2.81. The van der Waals surface area contributed by atoms with Gasteiger partial charge < -0.3 is 9.47 Å². The van der Waals surface area contributed by atoms with Crippen molar-refractivity contribution in [2.24, 2.45) is 13.0 Å². The van der Waals surface area contributed by atoms with Gasteiger partial charge in [-0.3, -0.25) is 4.98 Å². The Bertz CT molecular complexity index is 507. The first-order valence-electron chi connectivity index (χ1n) is 6.30. The maximum absolute atomic E-state index is 4.39. The number of imidazole rings is 1. The van der Waals surface area contributed by atoms with Gasteiger partial charge in [0.15, 0.2) is 0 Å². The Labute approximate surface area is 107 Å². The fraction of sp³-hybridized carbons (Fsp3) is 0.462. The van der Waals surface area contributed by atoms with Gasteiger partial charge in [0.05, 0.1) is 6.20 Å². The molecule has 1 saturated heterocycles. The highest BCUT2D eigenvalue weighted by molar-refractivity contribution is 5.36. The van der Waals surface area contributed by atoms with Crippen molar-refractivity contribution in [3.63, 3.8) is 0 Å². The van der Waals surface area contributed by atoms with Gasteiger partial charge >= 0.3 is 0 Å². The Morgan fingerprint density at radius 3 is 2.94 bits per heavy atom. The highest BCUT2D eigenvalue weighted by Crippen LogP contribution is 2.23. The Kier molecular flexibility index (Phi) is 2.96. The van der Waals surface area contributed by atoms with E-state index >= 15 is 0 Å². The number of aromatic nitrogens is 4. The molecule has 0 saturated carbocycles. The lowest BCUT2D eigenvalue weighted by Gasteiger charge is -2.16. The van der Waals surface area contributed by atoms with Crippen LogP contribution in [0.5, 0.6) is 0 Å². The molecule has 1 aliphatic heterocycles. The van der Waals surface area contributed by atoms with E-state index in [0.717, 1.165) is 25.3 Å². The van der Waals surface area contributed by atoms with E-state index in [1.54, 1.807) is 12.4 Å². The molecule has 0 bridgehead atoms. The number of hydrogen-bond acceptors (Lipinski definition) is 4. The summed E-state index contributed by atoms with van der Waals surface area (Å²) in [6.07, 6.45) is 11.4. The summed E-state index contributed by atoms with van der Waals surface area (Å²) < 4.78 is 2.10. The van der Waals surface area contributed by atoms with Crippen LogP contribution in [0.15, 0.2) is 31.0 Å². The molecule has 1 atom stereocenters. The number of aryl methyl sites for hydroxylation is 1. The van der Waals surface area contributed by atoms with Crippen molar-refractivity contribution in [1.29, 1.82) is 0 Å². The smallest absolute Gasteiger partial charge is 0.147 e. The van der Waals surface area contributed by atoms with Crippen LogP contribution in [0.1, 0.15) is 12.2 Å². The molecular weight excluding hydrogens is 226 g/mol. The monoisotopic (exact) mass is 243 g/mol. The molecule has 5 nitrogen and oxygen atoms in total. The topological polar surface area (TPSA) is 46.8 Å². The summed E-state index contributed by atoms with van der Waals surface area (Å²) in [4.78, 5) is 15.2. The molecule has 0 N–H and O–H groups in total. The highest BCUT2D eigenvalue weighted by Gasteiger charge is 2.24. The summed E-state index contributed by atoms with van der Waals surface area (Å²) in [5.41, 5.74) is 0. The van der Waals surface area contributed by atoms with Crippen LogP contribution in [-0.2, 0) is 13.5 Å². The molecule has 0 amide bonds. The molecule has 0 aliphatic carbocycles. The summed E-state index contributed by atoms with van der Waals surface area (Å²) in [7, 11) is 2.05. The van der Waals surface area contributed by atoms with Crippen molar-refractivity contribution in [1.82, 2.24) is 19.5 Å². The lowest BCUT2D eigenvalue weighted by atomic mass is 10.0. The van der Waals surface area contributed by atoms with Crippen LogP contribution in [0.4, 0.5) is 5.82 Å². The van der Waals surface area contributed by atoms with E-state index < -0.39 is 0 Å². The number of anilines is 1. The minimum atomic E-state index is 0.660. The zero-order valence-electron chi connectivity index (χ0n) is 10.5. The standard InChI is InChI=1S/C13H17N5/c1-17-7-5-16-12(17)8-11-2-6-18(10-11)13-9-14-3-4-15-13/h3-5,7,9,11H,2,6,8,10H2,1H3. The molecule has 1 unspecified atom stereocenters. The predicted molar refractivity (Wildman–Crippen MR) is 69.3 cm³/mol. The zero-order valence-corrected chi connectivity index (χ0v) is 10.5. The molecule has 1 aliphatic rings. The first-order valence-corrected chi connectivity index (χ1v) is 6.30. The van der Waals surface area contributed by atoms with Crippen LogP contribution in [0, 0.1) is 5.92 Å². The molecule has 0 radical (unpaired) electrons. The maximum Gasteiger partial charge on any atom is 0.147 e. The van der Waals surface area contributed by atoms with E-state index in [1.807, 2.05) is 18.6 Å². The molecule has 18 heavy (non-hydrogen) atoms. The van der Waals surface area contributed by atoms with Gasteiger partial charge in [0.1, 0.15) is 11.6 Å². The third-order valence-corrected chi connectivity index (χ3v) is 3.55. The van der Waals surface area contributed by atoms with Crippen LogP contribution < -0.4 is 4.90 Å². The van der Waals surface area contributed by atoms with Crippen molar-refractivity contribution < 1.29 is 0 Å². The van der Waals surface area contributed by atoms with Gasteiger partial charge in [-0.15, -0.1) is 0 Å². The van der Waals surface area contributed by atoms with E-state index in [-0.39, 0.29) is 0 Å². The second-order valence-corrected chi connectivity index (χ2v) is 4.82. The first kappa shape index (κ1) is 11.2. The summed E-state index contributed by atoms with van der Waals surface area (Å²) in [5, 5.41) is 0. The minimum Gasteiger partial charge on any atom is -0.355 e. The number of rotatable bonds is 3. The van der Waals surface area contributed by atoms with Gasteiger partial charge in [-0.2, -0.15) is 0 Å². The van der Waals surface area contributed by atoms with Crippen molar-refractivity contribution in [3.8, 4) is 0 Å². The molecule has 0 aromatic carbocycles. The number of nitrogens with zero attached hydrogens (tertiary/aromatic N) is 5. The number of hydrogen-bond donors (Lipinski definition) is 0. The van der Waals surface area contributed by atoms with Crippen molar-refractivity contribution in [3.05, 3.63) is 36.8 Å². The molecule has 94 valence electrons. The fourth-order valence-corrected chi connectivity index (χ4v) is 2.51. The van der Waals surface area contributed by atoms with Gasteiger partial charge in [0.25, 0.3) is 0 Å². The van der Waals surface area contributed by atoms with Crippen LogP contribution in [0.3, 0.4) is 0 Å². The van der Waals surface area contributed by atoms with Crippen molar-refractivity contribution in [2.75, 3.05) is 18.0 Å². The van der Waals surface area contributed by atoms with Gasteiger partial charge in [-0.05, 0) is 12.3 Å². The average Bonchev–Trinajstić information content (AvgIpc) is 3.02. The average molecular weight is 243 g/mol. The second-order valence-electron chi connectivity index (χ2n) is 4.82. The van der Waals surface area contributed by atoms with Gasteiger partial charge in [-0.1, -0.05) is 0 Å². The SMILES string of the molecule is Cn1ccnc1CC1CCN(c2cnccn2)C1. The van der Waals surface area contributed by atoms with E-state index in [9.17, 15) is 0 Å². The molecule has 5 heteroatoms. The lowest BCUT2D eigenvalue weighted by Crippen LogP contribution is -2.21. The van der Waals surface area contributed by atoms with E-state index in [4.69, 9.17) is 0 Å². The van der Waals surface area contributed by atoms with E-state index in [1.165, 1.54) is 12.2 Å². The van der Waals surface area contributed by atoms with Crippen molar-refractivity contribution >= 4 is 5.82 Å². The van der Waals surface area contributed by atoms with Gasteiger partial charge in [0.2, 0.25) is 0 Å². The Morgan fingerprint density at radius 2 is 2.22 bits per heavy atom. The second kappa shape index (κ2) is 4.76. The normalized spacial score (nSPS) is 19.4. The van der Waals surface area contributed by atoms with Gasteiger partial charge in [0, 0.05) is 51.3 Å². The predicted octanol–water partition coefficient (Wildman–Crippen LogP) is 1.28. The molecule has 3 rings (SSSR count). The van der Waals surface area contributed by atoms with Crippen molar-refractivity contribution in [2.45, 2.75) is 12.8 Å². The Morgan fingerprint density at radius 1 is 1.28 bits per heavy atom. The van der Waals surface area contributed by atoms with Crippen LogP contribution >= 0.6 is 0 Å². The van der Waals surface area contributed by atoms with Crippen LogP contribution in [0.25, 0.3) is 0 Å². The highest BCUT2D eigenvalue weighted by atomic mass is 15.2. The Balaban J connectivity index is 1.64. The molecular formula is C13H17N5. The third-order valence-electron chi connectivity index (χ3n) is 3.55. The summed E-state index contributed by atoms with van der Waals surface area (Å²) in [6.45, 7) is 2.11. The van der Waals surface area contributed by atoms with Gasteiger partial charge in [-0.25, -0.2) is 9.97 Å². The van der Waals surface area contributed by atoms with Crippen LogP contribution in [0.2, 0.25) is 0 Å². The molecule has 1 fully saturated rings. The largest absolute Gasteiger partial charge is 0.355 e. The van der Waals surface area contributed by atoms with E-state index in [2.05, 4.69) is 31.5 Å². The molecule has 3 heterocycles. The molecule has 2 aromatic heterocycles. The third kappa shape index (κ3) is 2.20. The molecule has 0 spiro atoms.